The molecule has 9 unspecified atom stereocenters. The van der Waals surface area contributed by atoms with E-state index in [4.69, 9.17) is 23.8 Å². The van der Waals surface area contributed by atoms with Crippen molar-refractivity contribution in [2.75, 3.05) is 13.2 Å². The van der Waals surface area contributed by atoms with E-state index < -0.39 is 115 Å². The van der Waals surface area contributed by atoms with Crippen LogP contribution in [0.5, 0.6) is 0 Å². The van der Waals surface area contributed by atoms with Gasteiger partial charge < -0.3 is 44.5 Å². The molecule has 330 valence electrons. The predicted molar refractivity (Wildman–Crippen MR) is 199 cm³/mol. The molecule has 60 heavy (non-hydrogen) atoms. The summed E-state index contributed by atoms with van der Waals surface area (Å²) in [7, 11) is 0. The van der Waals surface area contributed by atoms with E-state index in [1.165, 1.54) is 18.1 Å². The van der Waals surface area contributed by atoms with Crippen LogP contribution in [0.15, 0.2) is 30.3 Å². The van der Waals surface area contributed by atoms with Crippen molar-refractivity contribution in [1.82, 2.24) is 15.7 Å². The zero-order valence-corrected chi connectivity index (χ0v) is 33.8. The lowest BCUT2D eigenvalue weighted by Gasteiger charge is -2.49. The maximum Gasteiger partial charge on any atom is 0.422 e. The van der Waals surface area contributed by atoms with Gasteiger partial charge in [0.25, 0.3) is 0 Å². The molecule has 3 heterocycles. The van der Waals surface area contributed by atoms with Crippen molar-refractivity contribution in [1.29, 1.82) is 0 Å². The van der Waals surface area contributed by atoms with Crippen LogP contribution in [0.4, 0.5) is 13.2 Å². The minimum Gasteiger partial charge on any atom is -0.460 e. The maximum atomic E-state index is 14.9. The van der Waals surface area contributed by atoms with Crippen LogP contribution in [0.1, 0.15) is 83.8 Å². The Labute approximate surface area is 344 Å². The number of aliphatic hydroxyl groups is 2. The molecule has 7 rings (SSSR count). The van der Waals surface area contributed by atoms with Crippen LogP contribution in [0.2, 0.25) is 0 Å². The van der Waals surface area contributed by atoms with Gasteiger partial charge in [-0.05, 0) is 77.0 Å². The Morgan fingerprint density at radius 3 is 2.25 bits per heavy atom. The van der Waals surface area contributed by atoms with E-state index in [0.717, 1.165) is 31.8 Å². The largest absolute Gasteiger partial charge is 0.460 e. The molecule has 0 spiro atoms. The molecule has 6 fully saturated rings. The summed E-state index contributed by atoms with van der Waals surface area (Å²) in [4.78, 5) is 73.5. The third kappa shape index (κ3) is 9.21. The van der Waals surface area contributed by atoms with Crippen molar-refractivity contribution in [2.24, 2.45) is 17.3 Å². The molecule has 3 aliphatic heterocycles. The van der Waals surface area contributed by atoms with Crippen molar-refractivity contribution in [3.05, 3.63) is 41.5 Å². The molecule has 2 amide bonds. The quantitative estimate of drug-likeness (QED) is 0.107. The molecule has 3 saturated carbocycles. The van der Waals surface area contributed by atoms with Gasteiger partial charge >= 0.3 is 24.1 Å². The van der Waals surface area contributed by atoms with Crippen molar-refractivity contribution in [3.8, 4) is 0 Å². The third-order valence-corrected chi connectivity index (χ3v) is 11.8. The normalized spacial score (nSPS) is 29.9. The monoisotopic (exact) mass is 851 g/mol. The first-order chi connectivity index (χ1) is 28.2. The van der Waals surface area contributed by atoms with Crippen LogP contribution in [0.25, 0.3) is 6.08 Å². The standard InChI is InChI=1S/C41H52F3N3O13/c1-21(49)30(35(52)45-26(19-48)14-16-29(51)57-38(2,3)4)46-37(54)39-17-27-31-32(59-41(58-31,24-10-11-24)25-12-13-25)34(39)60-47(33(39)36(53)56-27)18-23-7-5-22(6-8-23)9-15-28(50)55-20-40(42,43)44/h5-9,15,21,24-27,30-34,48-49H,10-14,16-20H2,1-4H3,(H,45,52)(H,46,54). The SMILES string of the molecule is CC(O)C(NC(=O)C12CC3OC(=O)C1N(Cc1ccc(C=CC(=O)OCC(F)(F)F)cc1)OC2C1OC(C2CC2)(C2CC2)OC31)C(=O)NC(CO)CCC(=O)OC(C)(C)C. The number of nitrogens with zero attached hydrogens (tertiary/aromatic N) is 1. The number of fused-ring (bicyclic) bond motifs is 4. The second-order valence-corrected chi connectivity index (χ2v) is 17.7. The van der Waals surface area contributed by atoms with Gasteiger partial charge in [0.1, 0.15) is 41.5 Å². The highest BCUT2D eigenvalue weighted by molar-refractivity contribution is 5.96. The average molecular weight is 852 g/mol. The first-order valence-electron chi connectivity index (χ1n) is 20.3. The van der Waals surface area contributed by atoms with Crippen molar-refractivity contribution in [2.45, 2.75) is 145 Å². The summed E-state index contributed by atoms with van der Waals surface area (Å²) in [5, 5.41) is 27.6. The molecule has 4 N–H and O–H groups in total. The second-order valence-electron chi connectivity index (χ2n) is 17.7. The summed E-state index contributed by atoms with van der Waals surface area (Å²) < 4.78 is 66.5. The predicted octanol–water partition coefficient (Wildman–Crippen LogP) is 2.37. The third-order valence-electron chi connectivity index (χ3n) is 11.8. The fourth-order valence-electron chi connectivity index (χ4n) is 8.81. The number of hydrogen-bond acceptors (Lipinski definition) is 14. The van der Waals surface area contributed by atoms with Crippen LogP contribution in [-0.4, -0.2) is 124 Å². The Morgan fingerprint density at radius 2 is 1.67 bits per heavy atom. The first-order valence-corrected chi connectivity index (χ1v) is 20.3. The highest BCUT2D eigenvalue weighted by Gasteiger charge is 2.78. The summed E-state index contributed by atoms with van der Waals surface area (Å²) in [5.74, 6) is -4.75. The second kappa shape index (κ2) is 16.6. The molecule has 3 saturated heterocycles. The molecule has 19 heteroatoms. The molecule has 1 aromatic carbocycles. The zero-order valence-electron chi connectivity index (χ0n) is 33.8. The van der Waals surface area contributed by atoms with Crippen molar-refractivity contribution < 1.29 is 75.9 Å². The number of carbonyl (C=O) groups excluding carboxylic acids is 5. The summed E-state index contributed by atoms with van der Waals surface area (Å²) >= 11 is 0. The number of hydrogen-bond donors (Lipinski definition) is 4. The van der Waals surface area contributed by atoms with Gasteiger partial charge in [0.05, 0.1) is 25.3 Å². The van der Waals surface area contributed by atoms with Crippen LogP contribution in [0.3, 0.4) is 0 Å². The highest BCUT2D eigenvalue weighted by Crippen LogP contribution is 2.63. The minimum absolute atomic E-state index is 0.0119. The van der Waals surface area contributed by atoms with Gasteiger partial charge in [0.15, 0.2) is 18.4 Å². The van der Waals surface area contributed by atoms with E-state index in [2.05, 4.69) is 15.4 Å². The Kier molecular flexibility index (Phi) is 12.2. The molecule has 3 aliphatic carbocycles. The Morgan fingerprint density at radius 1 is 1.02 bits per heavy atom. The number of ether oxygens (including phenoxy) is 5. The molecule has 9 atom stereocenters. The number of aliphatic hydroxyl groups excluding tert-OH is 2. The van der Waals surface area contributed by atoms with E-state index in [1.54, 1.807) is 45.0 Å². The van der Waals surface area contributed by atoms with Gasteiger partial charge in [0.2, 0.25) is 11.8 Å². The molecular weight excluding hydrogens is 799 g/mol. The number of rotatable bonds is 16. The Hall–Kier alpha value is -4.14. The summed E-state index contributed by atoms with van der Waals surface area (Å²) in [6.45, 7) is 4.12. The molecule has 1 aromatic rings. The molecule has 2 bridgehead atoms. The molecule has 16 nitrogen and oxygen atoms in total. The summed E-state index contributed by atoms with van der Waals surface area (Å²) in [6, 6.07) is 2.64. The fourth-order valence-corrected chi connectivity index (χ4v) is 8.81. The van der Waals surface area contributed by atoms with Crippen LogP contribution in [0, 0.1) is 17.3 Å². The van der Waals surface area contributed by atoms with E-state index in [-0.39, 0.29) is 37.6 Å². The lowest BCUT2D eigenvalue weighted by molar-refractivity contribution is -0.235. The lowest BCUT2D eigenvalue weighted by Crippen LogP contribution is -2.71. The van der Waals surface area contributed by atoms with Crippen LogP contribution in [-0.2, 0) is 59.0 Å². The number of alkyl halides is 3. The van der Waals surface area contributed by atoms with Gasteiger partial charge in [-0.2, -0.15) is 18.2 Å². The topological polar surface area (TPSA) is 208 Å². The van der Waals surface area contributed by atoms with E-state index in [0.29, 0.717) is 11.1 Å². The van der Waals surface area contributed by atoms with Crippen molar-refractivity contribution in [3.63, 3.8) is 0 Å². The van der Waals surface area contributed by atoms with Gasteiger partial charge in [-0.1, -0.05) is 24.3 Å². The smallest absolute Gasteiger partial charge is 0.422 e. The number of nitrogens with one attached hydrogen (secondary N) is 2. The van der Waals surface area contributed by atoms with E-state index >= 15 is 0 Å². The van der Waals surface area contributed by atoms with Crippen LogP contribution >= 0.6 is 0 Å². The molecule has 6 aliphatic rings. The lowest BCUT2D eigenvalue weighted by atomic mass is 9.62. The molecular formula is C41H52F3N3O13. The van der Waals surface area contributed by atoms with Crippen molar-refractivity contribution >= 4 is 35.8 Å². The molecule has 0 radical (unpaired) electrons. The van der Waals surface area contributed by atoms with Gasteiger partial charge in [0, 0.05) is 30.8 Å². The zero-order chi connectivity index (χ0) is 43.4. The Balaban J connectivity index is 1.12. The highest BCUT2D eigenvalue weighted by atomic mass is 19.4. The van der Waals surface area contributed by atoms with E-state index in [1.807, 2.05) is 0 Å². The summed E-state index contributed by atoms with van der Waals surface area (Å²) in [5.41, 5.74) is -1.39. The minimum atomic E-state index is -4.66. The van der Waals surface area contributed by atoms with Gasteiger partial charge in [-0.15, -0.1) is 0 Å². The van der Waals surface area contributed by atoms with Crippen LogP contribution < -0.4 is 10.6 Å². The number of esters is 3. The average Bonchev–Trinajstić information content (AvgIpc) is 4.12. The fraction of sp³-hybridized carbons (Fsp3) is 0.683. The number of benzene rings is 1. The van der Waals surface area contributed by atoms with Gasteiger partial charge in [-0.25, -0.2) is 4.79 Å². The van der Waals surface area contributed by atoms with E-state index in [9.17, 15) is 47.4 Å². The number of halogens is 3. The number of carbonyl (C=O) groups is 5. The maximum absolute atomic E-state index is 14.9. The first kappa shape index (κ1) is 43.9. The van der Waals surface area contributed by atoms with Gasteiger partial charge in [-0.3, -0.25) is 24.0 Å². The molecule has 0 aromatic heterocycles. The summed E-state index contributed by atoms with van der Waals surface area (Å²) in [6.07, 6.45) is -4.16. The Bertz CT molecular complexity index is 1830. The number of amides is 2. The number of hydroxylamine groups is 2.